The van der Waals surface area contributed by atoms with Crippen LogP contribution in [0.2, 0.25) is 0 Å². The van der Waals surface area contributed by atoms with Crippen molar-refractivity contribution in [1.29, 1.82) is 0 Å². The molecule has 4 heteroatoms. The molecule has 0 aliphatic carbocycles. The number of rotatable bonds is 4. The number of anilines is 1. The molecule has 1 saturated heterocycles. The SMILES string of the molecule is CC(C)N1CCO[C@H](COc2ccc(N)cc2)C1. The lowest BCUT2D eigenvalue weighted by Gasteiger charge is -2.35. The lowest BCUT2D eigenvalue weighted by Crippen LogP contribution is -2.47. The van der Waals surface area contributed by atoms with E-state index in [-0.39, 0.29) is 6.10 Å². The minimum atomic E-state index is 0.152. The van der Waals surface area contributed by atoms with Crippen LogP contribution in [-0.2, 0) is 4.74 Å². The van der Waals surface area contributed by atoms with Gasteiger partial charge in [-0.3, -0.25) is 4.90 Å². The van der Waals surface area contributed by atoms with E-state index in [1.807, 2.05) is 24.3 Å². The first-order chi connectivity index (χ1) is 8.65. The fourth-order valence-corrected chi connectivity index (χ4v) is 2.07. The Morgan fingerprint density at radius 3 is 2.78 bits per heavy atom. The van der Waals surface area contributed by atoms with Crippen molar-refractivity contribution in [3.63, 3.8) is 0 Å². The summed E-state index contributed by atoms with van der Waals surface area (Å²) in [6.07, 6.45) is 0.152. The van der Waals surface area contributed by atoms with Crippen LogP contribution in [0.25, 0.3) is 0 Å². The molecular weight excluding hydrogens is 228 g/mol. The van der Waals surface area contributed by atoms with E-state index in [0.29, 0.717) is 12.6 Å². The fourth-order valence-electron chi connectivity index (χ4n) is 2.07. The average Bonchev–Trinajstić information content (AvgIpc) is 2.38. The molecule has 0 bridgehead atoms. The Bertz CT molecular complexity index is 365. The molecule has 0 spiro atoms. The lowest BCUT2D eigenvalue weighted by molar-refractivity contribution is -0.0564. The highest BCUT2D eigenvalue weighted by molar-refractivity contribution is 5.41. The van der Waals surface area contributed by atoms with Gasteiger partial charge < -0.3 is 15.2 Å². The first-order valence-electron chi connectivity index (χ1n) is 6.49. The maximum Gasteiger partial charge on any atom is 0.119 e. The van der Waals surface area contributed by atoms with Gasteiger partial charge in [-0.05, 0) is 38.1 Å². The third-order valence-corrected chi connectivity index (χ3v) is 3.22. The summed E-state index contributed by atoms with van der Waals surface area (Å²) < 4.78 is 11.4. The molecule has 0 radical (unpaired) electrons. The van der Waals surface area contributed by atoms with Crippen molar-refractivity contribution >= 4 is 5.69 Å². The molecule has 1 aromatic carbocycles. The van der Waals surface area contributed by atoms with Crippen molar-refractivity contribution < 1.29 is 9.47 Å². The van der Waals surface area contributed by atoms with E-state index < -0.39 is 0 Å². The van der Waals surface area contributed by atoms with Crippen LogP contribution >= 0.6 is 0 Å². The molecule has 1 aliphatic heterocycles. The van der Waals surface area contributed by atoms with Crippen molar-refractivity contribution in [2.45, 2.75) is 26.0 Å². The fraction of sp³-hybridized carbons (Fsp3) is 0.571. The van der Waals surface area contributed by atoms with Crippen molar-refractivity contribution in [1.82, 2.24) is 4.90 Å². The van der Waals surface area contributed by atoms with Gasteiger partial charge in [0, 0.05) is 24.8 Å². The number of nitrogen functional groups attached to an aromatic ring is 1. The van der Waals surface area contributed by atoms with Gasteiger partial charge in [0.1, 0.15) is 18.5 Å². The number of nitrogens with two attached hydrogens (primary N) is 1. The Morgan fingerprint density at radius 2 is 2.11 bits per heavy atom. The van der Waals surface area contributed by atoms with Gasteiger partial charge >= 0.3 is 0 Å². The van der Waals surface area contributed by atoms with Crippen LogP contribution in [0.1, 0.15) is 13.8 Å². The monoisotopic (exact) mass is 250 g/mol. The van der Waals surface area contributed by atoms with E-state index in [0.717, 1.165) is 31.1 Å². The molecule has 0 aromatic heterocycles. The van der Waals surface area contributed by atoms with Crippen molar-refractivity contribution in [3.8, 4) is 5.75 Å². The molecule has 1 aliphatic rings. The van der Waals surface area contributed by atoms with E-state index in [4.69, 9.17) is 15.2 Å². The van der Waals surface area contributed by atoms with Crippen LogP contribution in [0.15, 0.2) is 24.3 Å². The van der Waals surface area contributed by atoms with Crippen LogP contribution in [0.4, 0.5) is 5.69 Å². The largest absolute Gasteiger partial charge is 0.491 e. The highest BCUT2D eigenvalue weighted by atomic mass is 16.5. The second-order valence-corrected chi connectivity index (χ2v) is 4.96. The summed E-state index contributed by atoms with van der Waals surface area (Å²) in [5, 5.41) is 0. The average molecular weight is 250 g/mol. The summed E-state index contributed by atoms with van der Waals surface area (Å²) in [4.78, 5) is 2.42. The van der Waals surface area contributed by atoms with Crippen LogP contribution in [0.3, 0.4) is 0 Å². The van der Waals surface area contributed by atoms with Gasteiger partial charge in [0.05, 0.1) is 6.61 Å². The normalized spacial score (nSPS) is 21.2. The molecule has 1 fully saturated rings. The van der Waals surface area contributed by atoms with Gasteiger partial charge in [-0.1, -0.05) is 0 Å². The molecule has 1 heterocycles. The number of ether oxygens (including phenoxy) is 2. The highest BCUT2D eigenvalue weighted by Crippen LogP contribution is 2.15. The maximum absolute atomic E-state index is 5.72. The zero-order valence-electron chi connectivity index (χ0n) is 11.1. The van der Waals surface area contributed by atoms with Crippen molar-refractivity contribution in [2.75, 3.05) is 32.0 Å². The number of benzene rings is 1. The van der Waals surface area contributed by atoms with E-state index in [1.165, 1.54) is 0 Å². The smallest absolute Gasteiger partial charge is 0.119 e. The number of nitrogens with zero attached hydrogens (tertiary/aromatic N) is 1. The summed E-state index contributed by atoms with van der Waals surface area (Å²) in [5.41, 5.74) is 6.38. The van der Waals surface area contributed by atoms with E-state index >= 15 is 0 Å². The zero-order valence-corrected chi connectivity index (χ0v) is 11.1. The summed E-state index contributed by atoms with van der Waals surface area (Å²) >= 11 is 0. The van der Waals surface area contributed by atoms with Crippen LogP contribution in [0, 0.1) is 0 Å². The Hall–Kier alpha value is -1.26. The third-order valence-electron chi connectivity index (χ3n) is 3.22. The van der Waals surface area contributed by atoms with E-state index in [1.54, 1.807) is 0 Å². The minimum absolute atomic E-state index is 0.152. The highest BCUT2D eigenvalue weighted by Gasteiger charge is 2.22. The Morgan fingerprint density at radius 1 is 1.39 bits per heavy atom. The van der Waals surface area contributed by atoms with Gasteiger partial charge in [-0.25, -0.2) is 0 Å². The standard InChI is InChI=1S/C14H22N2O2/c1-11(2)16-7-8-17-14(9-16)10-18-13-5-3-12(15)4-6-13/h3-6,11,14H,7-10,15H2,1-2H3/t14-/m0/s1. The van der Waals surface area contributed by atoms with Crippen LogP contribution in [0.5, 0.6) is 5.75 Å². The molecule has 18 heavy (non-hydrogen) atoms. The molecule has 1 atom stereocenters. The summed E-state index contributed by atoms with van der Waals surface area (Å²) in [6, 6.07) is 8.03. The number of morpholine rings is 1. The third kappa shape index (κ3) is 3.62. The summed E-state index contributed by atoms with van der Waals surface area (Å²) in [5.74, 6) is 0.842. The molecule has 0 amide bonds. The molecule has 4 nitrogen and oxygen atoms in total. The van der Waals surface area contributed by atoms with E-state index in [2.05, 4.69) is 18.7 Å². The van der Waals surface area contributed by atoms with Crippen LogP contribution in [-0.4, -0.2) is 43.3 Å². The molecule has 0 saturated carbocycles. The second-order valence-electron chi connectivity index (χ2n) is 4.96. The van der Waals surface area contributed by atoms with Gasteiger partial charge in [0.15, 0.2) is 0 Å². The summed E-state index contributed by atoms with van der Waals surface area (Å²) in [6.45, 7) is 7.75. The number of hydrogen-bond acceptors (Lipinski definition) is 4. The first kappa shape index (κ1) is 13.2. The molecule has 2 N–H and O–H groups in total. The first-order valence-corrected chi connectivity index (χ1v) is 6.49. The molecular formula is C14H22N2O2. The van der Waals surface area contributed by atoms with Gasteiger partial charge in [0.2, 0.25) is 0 Å². The quantitative estimate of drug-likeness (QED) is 0.827. The predicted octanol–water partition coefficient (Wildman–Crippen LogP) is 1.76. The zero-order chi connectivity index (χ0) is 13.0. The topological polar surface area (TPSA) is 47.7 Å². The van der Waals surface area contributed by atoms with Gasteiger partial charge in [-0.2, -0.15) is 0 Å². The molecule has 2 rings (SSSR count). The van der Waals surface area contributed by atoms with Gasteiger partial charge in [0.25, 0.3) is 0 Å². The van der Waals surface area contributed by atoms with E-state index in [9.17, 15) is 0 Å². The Labute approximate surface area is 109 Å². The Kier molecular flexibility index (Phi) is 4.44. The molecule has 100 valence electrons. The second kappa shape index (κ2) is 6.07. The lowest BCUT2D eigenvalue weighted by atomic mass is 10.2. The molecule has 0 unspecified atom stereocenters. The Balaban J connectivity index is 1.81. The maximum atomic E-state index is 5.72. The predicted molar refractivity (Wildman–Crippen MR) is 72.8 cm³/mol. The van der Waals surface area contributed by atoms with Crippen LogP contribution < -0.4 is 10.5 Å². The number of hydrogen-bond donors (Lipinski definition) is 1. The van der Waals surface area contributed by atoms with Crippen molar-refractivity contribution in [3.05, 3.63) is 24.3 Å². The van der Waals surface area contributed by atoms with Gasteiger partial charge in [-0.15, -0.1) is 0 Å². The van der Waals surface area contributed by atoms with Crippen molar-refractivity contribution in [2.24, 2.45) is 0 Å². The molecule has 1 aromatic rings. The minimum Gasteiger partial charge on any atom is -0.491 e. The summed E-state index contributed by atoms with van der Waals surface area (Å²) in [7, 11) is 0.